The normalized spacial score (nSPS) is 10.2. The number of halogens is 1. The summed E-state index contributed by atoms with van der Waals surface area (Å²) in [6, 6.07) is 7.29. The summed E-state index contributed by atoms with van der Waals surface area (Å²) in [5.41, 5.74) is 0.655. The molecule has 0 spiro atoms. The molecular weight excluding hydrogens is 306 g/mol. The van der Waals surface area contributed by atoms with Crippen LogP contribution in [0.2, 0.25) is 0 Å². The smallest absolute Gasteiger partial charge is 0.251 e. The number of benzene rings is 1. The van der Waals surface area contributed by atoms with E-state index in [4.69, 9.17) is 4.74 Å². The van der Waals surface area contributed by atoms with Crippen molar-refractivity contribution >= 4 is 21.8 Å². The van der Waals surface area contributed by atoms with E-state index in [2.05, 4.69) is 28.2 Å². The minimum atomic E-state index is -0.0270. The van der Waals surface area contributed by atoms with E-state index >= 15 is 0 Å². The van der Waals surface area contributed by atoms with Crippen molar-refractivity contribution in [1.29, 1.82) is 0 Å². The molecule has 0 bridgehead atoms. The summed E-state index contributed by atoms with van der Waals surface area (Å²) in [5.74, 6) is 0.707. The molecule has 1 rings (SSSR count). The Morgan fingerprint density at radius 1 is 1.32 bits per heavy atom. The van der Waals surface area contributed by atoms with Gasteiger partial charge in [-0.25, -0.2) is 0 Å². The Hall–Kier alpha value is -1.03. The summed E-state index contributed by atoms with van der Waals surface area (Å²) < 4.78 is 5.48. The van der Waals surface area contributed by atoms with Crippen LogP contribution in [0.25, 0.3) is 0 Å². The summed E-state index contributed by atoms with van der Waals surface area (Å²) in [6.07, 6.45) is 4.65. The average molecular weight is 328 g/mol. The molecule has 106 valence electrons. The molecule has 0 aliphatic carbocycles. The van der Waals surface area contributed by atoms with Crippen LogP contribution in [0, 0.1) is 0 Å². The van der Waals surface area contributed by atoms with Gasteiger partial charge in [-0.2, -0.15) is 0 Å². The molecular formula is C15H22BrNO2. The Bertz CT molecular complexity index is 382. The molecule has 0 heterocycles. The van der Waals surface area contributed by atoms with E-state index in [0.29, 0.717) is 12.2 Å². The Morgan fingerprint density at radius 3 is 2.89 bits per heavy atom. The zero-order valence-corrected chi connectivity index (χ0v) is 13.0. The number of ether oxygens (including phenoxy) is 1. The minimum absolute atomic E-state index is 0.0270. The number of rotatable bonds is 9. The van der Waals surface area contributed by atoms with E-state index < -0.39 is 0 Å². The lowest BCUT2D eigenvalue weighted by atomic mass is 10.2. The van der Waals surface area contributed by atoms with Crippen molar-refractivity contribution in [1.82, 2.24) is 5.32 Å². The van der Waals surface area contributed by atoms with Crippen molar-refractivity contribution in [2.45, 2.75) is 32.6 Å². The molecule has 0 fully saturated rings. The summed E-state index contributed by atoms with van der Waals surface area (Å²) in [4.78, 5) is 11.9. The molecule has 0 radical (unpaired) electrons. The van der Waals surface area contributed by atoms with Gasteiger partial charge in [0.15, 0.2) is 0 Å². The van der Waals surface area contributed by atoms with Gasteiger partial charge in [-0.15, -0.1) is 0 Å². The highest BCUT2D eigenvalue weighted by Crippen LogP contribution is 2.13. The van der Waals surface area contributed by atoms with Gasteiger partial charge in [0, 0.05) is 17.4 Å². The Labute approximate surface area is 123 Å². The SMILES string of the molecule is CCCCCCNC(=O)c1cccc(OCCBr)c1. The zero-order chi connectivity index (χ0) is 13.9. The van der Waals surface area contributed by atoms with Gasteiger partial charge in [0.25, 0.3) is 5.91 Å². The Morgan fingerprint density at radius 2 is 2.16 bits per heavy atom. The van der Waals surface area contributed by atoms with E-state index in [1.807, 2.05) is 18.2 Å². The van der Waals surface area contributed by atoms with Crippen LogP contribution in [0.3, 0.4) is 0 Å². The largest absolute Gasteiger partial charge is 0.493 e. The number of hydrogen-bond donors (Lipinski definition) is 1. The first-order chi connectivity index (χ1) is 9.27. The van der Waals surface area contributed by atoms with Crippen LogP contribution in [0.15, 0.2) is 24.3 Å². The van der Waals surface area contributed by atoms with Gasteiger partial charge in [0.2, 0.25) is 0 Å². The Balaban J connectivity index is 2.38. The third-order valence-corrected chi connectivity index (χ3v) is 3.08. The van der Waals surface area contributed by atoms with Crippen molar-refractivity contribution in [3.63, 3.8) is 0 Å². The van der Waals surface area contributed by atoms with Gasteiger partial charge in [-0.3, -0.25) is 4.79 Å². The number of hydrogen-bond acceptors (Lipinski definition) is 2. The first-order valence-electron chi connectivity index (χ1n) is 6.85. The van der Waals surface area contributed by atoms with E-state index in [9.17, 15) is 4.79 Å². The molecule has 0 aromatic heterocycles. The van der Waals surface area contributed by atoms with Crippen LogP contribution in [0.1, 0.15) is 43.0 Å². The monoisotopic (exact) mass is 327 g/mol. The molecule has 0 saturated carbocycles. The Kier molecular flexibility index (Phi) is 8.30. The van der Waals surface area contributed by atoms with Crippen molar-refractivity contribution in [2.24, 2.45) is 0 Å². The third kappa shape index (κ3) is 6.62. The summed E-state index contributed by atoms with van der Waals surface area (Å²) in [5, 5.41) is 3.72. The average Bonchev–Trinajstić information content (AvgIpc) is 2.45. The first kappa shape index (κ1) is 16.0. The third-order valence-electron chi connectivity index (χ3n) is 2.76. The van der Waals surface area contributed by atoms with Crippen LogP contribution in [-0.4, -0.2) is 24.4 Å². The molecule has 4 heteroatoms. The van der Waals surface area contributed by atoms with Gasteiger partial charge >= 0.3 is 0 Å². The lowest BCUT2D eigenvalue weighted by molar-refractivity contribution is 0.0952. The quantitative estimate of drug-likeness (QED) is 0.553. The van der Waals surface area contributed by atoms with Gasteiger partial charge in [-0.05, 0) is 24.6 Å². The second kappa shape index (κ2) is 9.84. The highest BCUT2D eigenvalue weighted by atomic mass is 79.9. The summed E-state index contributed by atoms with van der Waals surface area (Å²) >= 11 is 3.30. The fourth-order valence-corrected chi connectivity index (χ4v) is 1.90. The number of unbranched alkanes of at least 4 members (excludes halogenated alkanes) is 3. The number of alkyl halides is 1. The van der Waals surface area contributed by atoms with Crippen molar-refractivity contribution in [2.75, 3.05) is 18.5 Å². The molecule has 0 aliphatic heterocycles. The molecule has 1 aromatic carbocycles. The molecule has 0 atom stereocenters. The van der Waals surface area contributed by atoms with E-state index in [-0.39, 0.29) is 5.91 Å². The first-order valence-corrected chi connectivity index (χ1v) is 7.97. The maximum Gasteiger partial charge on any atom is 0.251 e. The van der Waals surface area contributed by atoms with E-state index in [0.717, 1.165) is 24.0 Å². The predicted octanol–water partition coefficient (Wildman–Crippen LogP) is 3.77. The molecule has 19 heavy (non-hydrogen) atoms. The summed E-state index contributed by atoms with van der Waals surface area (Å²) in [7, 11) is 0. The van der Waals surface area contributed by atoms with Crippen molar-refractivity contribution in [3.05, 3.63) is 29.8 Å². The molecule has 1 amide bonds. The van der Waals surface area contributed by atoms with Crippen LogP contribution in [0.5, 0.6) is 5.75 Å². The van der Waals surface area contributed by atoms with Gasteiger partial charge in [-0.1, -0.05) is 48.2 Å². The van der Waals surface area contributed by atoms with Gasteiger partial charge in [0.05, 0.1) is 6.61 Å². The minimum Gasteiger partial charge on any atom is -0.493 e. The standard InChI is InChI=1S/C15H22BrNO2/c1-2-3-4-5-10-17-15(18)13-7-6-8-14(12-13)19-11-9-16/h6-8,12H,2-5,9-11H2,1H3,(H,17,18). The van der Waals surface area contributed by atoms with Crippen LogP contribution >= 0.6 is 15.9 Å². The van der Waals surface area contributed by atoms with Crippen LogP contribution in [0.4, 0.5) is 0 Å². The molecule has 1 aromatic rings. The lowest BCUT2D eigenvalue weighted by Gasteiger charge is -2.07. The topological polar surface area (TPSA) is 38.3 Å². The molecule has 0 unspecified atom stereocenters. The van der Waals surface area contributed by atoms with Crippen molar-refractivity contribution in [3.8, 4) is 5.75 Å². The van der Waals surface area contributed by atoms with Crippen LogP contribution < -0.4 is 10.1 Å². The zero-order valence-electron chi connectivity index (χ0n) is 11.5. The van der Waals surface area contributed by atoms with Gasteiger partial charge < -0.3 is 10.1 Å². The molecule has 3 nitrogen and oxygen atoms in total. The predicted molar refractivity (Wildman–Crippen MR) is 82.2 cm³/mol. The van der Waals surface area contributed by atoms with Gasteiger partial charge in [0.1, 0.15) is 5.75 Å². The molecule has 0 saturated heterocycles. The second-order valence-corrected chi connectivity index (χ2v) is 5.17. The fourth-order valence-electron chi connectivity index (χ4n) is 1.74. The number of carbonyl (C=O) groups excluding carboxylic acids is 1. The van der Waals surface area contributed by atoms with Crippen LogP contribution in [-0.2, 0) is 0 Å². The van der Waals surface area contributed by atoms with E-state index in [1.165, 1.54) is 19.3 Å². The summed E-state index contributed by atoms with van der Waals surface area (Å²) in [6.45, 7) is 3.52. The number of carbonyl (C=O) groups is 1. The maximum atomic E-state index is 11.9. The number of amides is 1. The number of nitrogens with one attached hydrogen (secondary N) is 1. The fraction of sp³-hybridized carbons (Fsp3) is 0.533. The van der Waals surface area contributed by atoms with E-state index in [1.54, 1.807) is 6.07 Å². The highest BCUT2D eigenvalue weighted by Gasteiger charge is 2.05. The lowest BCUT2D eigenvalue weighted by Crippen LogP contribution is -2.24. The second-order valence-electron chi connectivity index (χ2n) is 4.38. The molecule has 0 aliphatic rings. The van der Waals surface area contributed by atoms with Crippen molar-refractivity contribution < 1.29 is 9.53 Å². The highest BCUT2D eigenvalue weighted by molar-refractivity contribution is 9.09. The molecule has 1 N–H and O–H groups in total. The maximum absolute atomic E-state index is 11.9.